The molecule has 1 heterocycles. The lowest BCUT2D eigenvalue weighted by molar-refractivity contribution is 0.511. The summed E-state index contributed by atoms with van der Waals surface area (Å²) in [6, 6.07) is 11.7. The SMILES string of the molecule is CC(NCC1CC1c1c[nH]c2ccc(F)cc12)c1ccccc1F. The fraction of sp³-hybridized carbons (Fsp3) is 0.300. The second-order valence-corrected chi connectivity index (χ2v) is 6.69. The van der Waals surface area contributed by atoms with Crippen LogP contribution in [-0.4, -0.2) is 11.5 Å². The first-order valence-electron chi connectivity index (χ1n) is 8.38. The Bertz CT molecular complexity index is 871. The molecule has 1 aliphatic carbocycles. The van der Waals surface area contributed by atoms with Crippen LogP contribution in [0, 0.1) is 17.6 Å². The zero-order valence-corrected chi connectivity index (χ0v) is 13.5. The van der Waals surface area contributed by atoms with Gasteiger partial charge in [-0.05, 0) is 61.6 Å². The smallest absolute Gasteiger partial charge is 0.127 e. The lowest BCUT2D eigenvalue weighted by atomic mass is 10.1. The Morgan fingerprint density at radius 1 is 1.21 bits per heavy atom. The Balaban J connectivity index is 1.42. The number of aromatic amines is 1. The van der Waals surface area contributed by atoms with Crippen molar-refractivity contribution in [3.63, 3.8) is 0 Å². The minimum absolute atomic E-state index is 0.0205. The molecule has 0 radical (unpaired) electrons. The van der Waals surface area contributed by atoms with Crippen LogP contribution in [0.2, 0.25) is 0 Å². The van der Waals surface area contributed by atoms with E-state index in [9.17, 15) is 8.78 Å². The van der Waals surface area contributed by atoms with Crippen molar-refractivity contribution in [2.75, 3.05) is 6.54 Å². The molecule has 3 unspecified atom stereocenters. The van der Waals surface area contributed by atoms with Crippen LogP contribution in [0.25, 0.3) is 10.9 Å². The zero-order chi connectivity index (χ0) is 16.7. The molecule has 24 heavy (non-hydrogen) atoms. The molecule has 2 nitrogen and oxygen atoms in total. The maximum atomic E-state index is 13.8. The second kappa shape index (κ2) is 6.02. The van der Waals surface area contributed by atoms with E-state index in [-0.39, 0.29) is 17.7 Å². The lowest BCUT2D eigenvalue weighted by Crippen LogP contribution is -2.22. The molecule has 3 aromatic rings. The summed E-state index contributed by atoms with van der Waals surface area (Å²) in [5, 5.41) is 4.41. The molecule has 2 N–H and O–H groups in total. The summed E-state index contributed by atoms with van der Waals surface area (Å²) in [6.45, 7) is 2.82. The molecular formula is C20H20F2N2. The lowest BCUT2D eigenvalue weighted by Gasteiger charge is -2.14. The van der Waals surface area contributed by atoms with Crippen LogP contribution in [-0.2, 0) is 0 Å². The number of halogens is 2. The summed E-state index contributed by atoms with van der Waals surface area (Å²) >= 11 is 0. The van der Waals surface area contributed by atoms with Crippen molar-refractivity contribution in [3.05, 3.63) is 71.4 Å². The highest BCUT2D eigenvalue weighted by molar-refractivity contribution is 5.84. The van der Waals surface area contributed by atoms with Crippen molar-refractivity contribution in [2.45, 2.75) is 25.3 Å². The first-order chi connectivity index (χ1) is 11.6. The fourth-order valence-electron chi connectivity index (χ4n) is 3.54. The Hall–Kier alpha value is -2.20. The van der Waals surface area contributed by atoms with Gasteiger partial charge in [-0.3, -0.25) is 0 Å². The predicted molar refractivity (Wildman–Crippen MR) is 91.9 cm³/mol. The Kier molecular flexibility index (Phi) is 3.85. The number of aromatic nitrogens is 1. The molecule has 0 spiro atoms. The molecule has 0 saturated heterocycles. The van der Waals surface area contributed by atoms with E-state index in [0.717, 1.165) is 23.9 Å². The largest absolute Gasteiger partial charge is 0.361 e. The number of fused-ring (bicyclic) bond motifs is 1. The number of hydrogen-bond acceptors (Lipinski definition) is 1. The van der Waals surface area contributed by atoms with Crippen LogP contribution in [0.5, 0.6) is 0 Å². The molecule has 1 saturated carbocycles. The van der Waals surface area contributed by atoms with Gasteiger partial charge in [-0.1, -0.05) is 18.2 Å². The highest BCUT2D eigenvalue weighted by atomic mass is 19.1. The third-order valence-corrected chi connectivity index (χ3v) is 5.06. The van der Waals surface area contributed by atoms with Crippen LogP contribution >= 0.6 is 0 Å². The van der Waals surface area contributed by atoms with Gasteiger partial charge in [0.1, 0.15) is 11.6 Å². The Labute approximate surface area is 139 Å². The summed E-state index contributed by atoms with van der Waals surface area (Å²) in [4.78, 5) is 3.22. The van der Waals surface area contributed by atoms with E-state index in [0.29, 0.717) is 17.4 Å². The highest BCUT2D eigenvalue weighted by Crippen LogP contribution is 2.49. The average Bonchev–Trinajstić information content (AvgIpc) is 3.23. The van der Waals surface area contributed by atoms with E-state index in [4.69, 9.17) is 0 Å². The molecule has 0 aliphatic heterocycles. The standard InChI is InChI=1S/C20H20F2N2/c1-12(15-4-2-3-5-19(15)22)23-10-13-8-16(13)18-11-24-20-7-6-14(21)9-17(18)20/h2-7,9,11-13,16,23-24H,8,10H2,1H3. The van der Waals surface area contributed by atoms with Crippen molar-refractivity contribution in [3.8, 4) is 0 Å². The van der Waals surface area contributed by atoms with Crippen LogP contribution in [0.4, 0.5) is 8.78 Å². The summed E-state index contributed by atoms with van der Waals surface area (Å²) < 4.78 is 27.3. The van der Waals surface area contributed by atoms with Gasteiger partial charge in [-0.15, -0.1) is 0 Å². The van der Waals surface area contributed by atoms with E-state index >= 15 is 0 Å². The van der Waals surface area contributed by atoms with E-state index in [2.05, 4.69) is 10.3 Å². The molecule has 124 valence electrons. The van der Waals surface area contributed by atoms with E-state index < -0.39 is 0 Å². The molecule has 1 aliphatic rings. The quantitative estimate of drug-likeness (QED) is 0.686. The number of benzene rings is 2. The summed E-state index contributed by atoms with van der Waals surface area (Å²) in [6.07, 6.45) is 3.08. The minimum atomic E-state index is -0.202. The number of hydrogen-bond donors (Lipinski definition) is 2. The van der Waals surface area contributed by atoms with E-state index in [1.165, 1.54) is 17.7 Å². The molecule has 3 atom stereocenters. The average molecular weight is 326 g/mol. The maximum Gasteiger partial charge on any atom is 0.127 e. The number of rotatable bonds is 5. The van der Waals surface area contributed by atoms with Crippen molar-refractivity contribution >= 4 is 10.9 Å². The predicted octanol–water partition coefficient (Wildman–Crippen LogP) is 4.90. The minimum Gasteiger partial charge on any atom is -0.361 e. The van der Waals surface area contributed by atoms with E-state index in [1.54, 1.807) is 18.2 Å². The molecular weight excluding hydrogens is 306 g/mol. The van der Waals surface area contributed by atoms with Crippen LogP contribution in [0.3, 0.4) is 0 Å². The molecule has 4 rings (SSSR count). The van der Waals surface area contributed by atoms with Gasteiger partial charge in [0.05, 0.1) is 0 Å². The highest BCUT2D eigenvalue weighted by Gasteiger charge is 2.39. The van der Waals surface area contributed by atoms with Gasteiger partial charge in [0.2, 0.25) is 0 Å². The van der Waals surface area contributed by atoms with Crippen LogP contribution in [0.1, 0.15) is 36.4 Å². The third kappa shape index (κ3) is 2.82. The topological polar surface area (TPSA) is 27.8 Å². The third-order valence-electron chi connectivity index (χ3n) is 5.06. The summed E-state index contributed by atoms with van der Waals surface area (Å²) in [5.41, 5.74) is 2.86. The molecule has 1 fully saturated rings. The normalized spacial score (nSPS) is 21.1. The fourth-order valence-corrected chi connectivity index (χ4v) is 3.54. The Morgan fingerprint density at radius 3 is 2.88 bits per heavy atom. The van der Waals surface area contributed by atoms with Crippen molar-refractivity contribution in [1.82, 2.24) is 10.3 Å². The summed E-state index contributed by atoms with van der Waals surface area (Å²) in [7, 11) is 0. The molecule has 0 amide bonds. The van der Waals surface area contributed by atoms with Crippen molar-refractivity contribution < 1.29 is 8.78 Å². The van der Waals surface area contributed by atoms with Gasteiger partial charge >= 0.3 is 0 Å². The molecule has 0 bridgehead atoms. The van der Waals surface area contributed by atoms with Gasteiger partial charge < -0.3 is 10.3 Å². The molecule has 4 heteroatoms. The maximum absolute atomic E-state index is 13.8. The monoisotopic (exact) mass is 326 g/mol. The van der Waals surface area contributed by atoms with Gasteiger partial charge in [-0.25, -0.2) is 8.78 Å². The van der Waals surface area contributed by atoms with Crippen LogP contribution in [0.15, 0.2) is 48.7 Å². The Morgan fingerprint density at radius 2 is 2.04 bits per heavy atom. The first-order valence-corrected chi connectivity index (χ1v) is 8.38. The second-order valence-electron chi connectivity index (χ2n) is 6.69. The molecule has 2 aromatic carbocycles. The van der Waals surface area contributed by atoms with Gasteiger partial charge in [0.25, 0.3) is 0 Å². The van der Waals surface area contributed by atoms with E-state index in [1.807, 2.05) is 25.3 Å². The number of nitrogens with one attached hydrogen (secondary N) is 2. The van der Waals surface area contributed by atoms with Crippen LogP contribution < -0.4 is 5.32 Å². The first kappa shape index (κ1) is 15.3. The summed E-state index contributed by atoms with van der Waals surface area (Å²) in [5.74, 6) is 0.589. The van der Waals surface area contributed by atoms with Gasteiger partial charge in [0.15, 0.2) is 0 Å². The number of H-pyrrole nitrogens is 1. The molecule has 1 aromatic heterocycles. The van der Waals surface area contributed by atoms with Gasteiger partial charge in [-0.2, -0.15) is 0 Å². The zero-order valence-electron chi connectivity index (χ0n) is 13.5. The van der Waals surface area contributed by atoms with Crippen molar-refractivity contribution in [1.29, 1.82) is 0 Å². The van der Waals surface area contributed by atoms with Gasteiger partial charge in [0, 0.05) is 28.7 Å². The van der Waals surface area contributed by atoms with Crippen molar-refractivity contribution in [2.24, 2.45) is 5.92 Å².